The number of nitrogens with one attached hydrogen (secondary N) is 4. The molecule has 0 fully saturated rings. The van der Waals surface area contributed by atoms with Crippen LogP contribution in [0.15, 0.2) is 21.4 Å². The van der Waals surface area contributed by atoms with Gasteiger partial charge in [-0.1, -0.05) is 0 Å². The molecule has 0 saturated heterocycles. The second-order valence-corrected chi connectivity index (χ2v) is 7.02. The van der Waals surface area contributed by atoms with Crippen molar-refractivity contribution in [3.63, 3.8) is 0 Å². The molecule has 0 spiro atoms. The van der Waals surface area contributed by atoms with Crippen LogP contribution in [0.2, 0.25) is 0 Å². The summed E-state index contributed by atoms with van der Waals surface area (Å²) in [5.41, 5.74) is 1.65. The minimum absolute atomic E-state index is 0.231. The number of carbonyl (C=O) groups is 1. The molecule has 0 aliphatic carbocycles. The lowest BCUT2D eigenvalue weighted by Gasteiger charge is -2.19. The molecular weight excluding hydrogens is 364 g/mol. The highest BCUT2D eigenvalue weighted by Crippen LogP contribution is 2.26. The van der Waals surface area contributed by atoms with E-state index in [2.05, 4.69) is 36.5 Å². The second-order valence-electron chi connectivity index (χ2n) is 6.17. The van der Waals surface area contributed by atoms with Crippen molar-refractivity contribution in [3.8, 4) is 0 Å². The van der Waals surface area contributed by atoms with E-state index in [1.54, 1.807) is 0 Å². The van der Waals surface area contributed by atoms with Crippen LogP contribution in [0.3, 0.4) is 0 Å². The van der Waals surface area contributed by atoms with Crippen molar-refractivity contribution in [2.24, 2.45) is 0 Å². The zero-order chi connectivity index (χ0) is 17.0. The molecule has 0 radical (unpaired) electrons. The first-order valence-corrected chi connectivity index (χ1v) is 8.16. The van der Waals surface area contributed by atoms with Gasteiger partial charge in [0, 0.05) is 17.6 Å². The Morgan fingerprint density at radius 2 is 1.87 bits per heavy atom. The van der Waals surface area contributed by atoms with Gasteiger partial charge in [0.1, 0.15) is 5.60 Å². The monoisotopic (exact) mass is 384 g/mol. The topological polar surface area (TPSA) is 99.0 Å². The summed E-state index contributed by atoms with van der Waals surface area (Å²) in [5.74, 6) is 0. The number of aromatic amines is 2. The van der Waals surface area contributed by atoms with E-state index in [-0.39, 0.29) is 5.69 Å². The maximum Gasteiger partial charge on any atom is 0.407 e. The van der Waals surface area contributed by atoms with Crippen LogP contribution in [-0.4, -0.2) is 34.8 Å². The summed E-state index contributed by atoms with van der Waals surface area (Å²) in [6.45, 7) is 6.67. The number of H-pyrrole nitrogens is 2. The van der Waals surface area contributed by atoms with Gasteiger partial charge in [0.05, 0.1) is 16.7 Å². The van der Waals surface area contributed by atoms with E-state index in [9.17, 15) is 9.59 Å². The second kappa shape index (κ2) is 7.08. The van der Waals surface area contributed by atoms with Crippen molar-refractivity contribution in [1.29, 1.82) is 0 Å². The van der Waals surface area contributed by atoms with Gasteiger partial charge in [0.25, 0.3) is 0 Å². The van der Waals surface area contributed by atoms with E-state index in [0.29, 0.717) is 13.1 Å². The van der Waals surface area contributed by atoms with Crippen LogP contribution < -0.4 is 16.3 Å². The van der Waals surface area contributed by atoms with E-state index in [0.717, 1.165) is 27.6 Å². The molecule has 0 unspecified atom stereocenters. The molecule has 0 aliphatic rings. The molecular formula is C15H21BrN4O3. The summed E-state index contributed by atoms with van der Waals surface area (Å²) < 4.78 is 6.02. The third kappa shape index (κ3) is 5.31. The highest BCUT2D eigenvalue weighted by molar-refractivity contribution is 9.10. The normalized spacial score (nSPS) is 11.5. The first-order chi connectivity index (χ1) is 10.7. The number of rotatable bonds is 5. The molecule has 0 bridgehead atoms. The summed E-state index contributed by atoms with van der Waals surface area (Å²) >= 11 is 3.46. The highest BCUT2D eigenvalue weighted by atomic mass is 79.9. The van der Waals surface area contributed by atoms with Gasteiger partial charge >= 0.3 is 11.8 Å². The van der Waals surface area contributed by atoms with Gasteiger partial charge in [-0.3, -0.25) is 0 Å². The molecule has 2 rings (SSSR count). The van der Waals surface area contributed by atoms with Crippen molar-refractivity contribution in [2.75, 3.05) is 18.4 Å². The number of halogens is 1. The fourth-order valence-corrected chi connectivity index (χ4v) is 2.49. The van der Waals surface area contributed by atoms with Crippen molar-refractivity contribution in [2.45, 2.75) is 32.8 Å². The third-order valence-electron chi connectivity index (χ3n) is 2.94. The Kier molecular flexibility index (Phi) is 5.35. The third-order valence-corrected chi connectivity index (χ3v) is 3.60. The number of fused-ring (bicyclic) bond motifs is 1. The molecule has 126 valence electrons. The number of ether oxygens (including phenoxy) is 1. The van der Waals surface area contributed by atoms with E-state index >= 15 is 0 Å². The van der Waals surface area contributed by atoms with Crippen LogP contribution >= 0.6 is 15.9 Å². The Hall–Kier alpha value is -1.96. The summed E-state index contributed by atoms with van der Waals surface area (Å²) in [7, 11) is 0. The van der Waals surface area contributed by atoms with Gasteiger partial charge in [-0.05, 0) is 55.3 Å². The number of aromatic nitrogens is 2. The molecule has 7 nitrogen and oxygen atoms in total. The van der Waals surface area contributed by atoms with Gasteiger partial charge < -0.3 is 25.3 Å². The summed E-state index contributed by atoms with van der Waals surface area (Å²) in [6, 6.07) is 3.70. The largest absolute Gasteiger partial charge is 0.444 e. The van der Waals surface area contributed by atoms with Crippen LogP contribution in [0.4, 0.5) is 10.5 Å². The molecule has 2 aromatic rings. The molecule has 1 amide bonds. The minimum Gasteiger partial charge on any atom is -0.444 e. The van der Waals surface area contributed by atoms with Gasteiger partial charge in [-0.2, -0.15) is 0 Å². The molecule has 1 heterocycles. The summed E-state index contributed by atoms with van der Waals surface area (Å²) in [4.78, 5) is 28.2. The van der Waals surface area contributed by atoms with Crippen molar-refractivity contribution < 1.29 is 9.53 Å². The average molecular weight is 385 g/mol. The molecule has 1 aromatic carbocycles. The minimum atomic E-state index is -0.490. The number of carbonyl (C=O) groups excluding carboxylic acids is 1. The van der Waals surface area contributed by atoms with Crippen molar-refractivity contribution >= 4 is 38.7 Å². The van der Waals surface area contributed by atoms with E-state index < -0.39 is 11.7 Å². The van der Waals surface area contributed by atoms with Gasteiger partial charge in [0.2, 0.25) is 0 Å². The summed E-state index contributed by atoms with van der Waals surface area (Å²) in [5, 5.41) is 5.97. The number of amides is 1. The molecule has 1 aromatic heterocycles. The Bertz CT molecular complexity index is 745. The molecule has 23 heavy (non-hydrogen) atoms. The van der Waals surface area contributed by atoms with Crippen LogP contribution in [0.25, 0.3) is 11.0 Å². The Morgan fingerprint density at radius 1 is 1.22 bits per heavy atom. The van der Waals surface area contributed by atoms with Crippen LogP contribution in [0.5, 0.6) is 0 Å². The number of hydrogen-bond acceptors (Lipinski definition) is 4. The first kappa shape index (κ1) is 17.4. The number of hydrogen-bond donors (Lipinski definition) is 4. The quantitative estimate of drug-likeness (QED) is 0.595. The summed E-state index contributed by atoms with van der Waals surface area (Å²) in [6.07, 6.45) is 0.331. The molecule has 8 heteroatoms. The smallest absolute Gasteiger partial charge is 0.407 e. The molecule has 0 saturated carbocycles. The highest BCUT2D eigenvalue weighted by Gasteiger charge is 2.15. The van der Waals surface area contributed by atoms with Crippen LogP contribution in [-0.2, 0) is 4.74 Å². The lowest BCUT2D eigenvalue weighted by molar-refractivity contribution is 0.0528. The first-order valence-electron chi connectivity index (χ1n) is 7.37. The van der Waals surface area contributed by atoms with Crippen molar-refractivity contribution in [3.05, 3.63) is 27.1 Å². The van der Waals surface area contributed by atoms with Gasteiger partial charge in [0.15, 0.2) is 0 Å². The number of benzene rings is 1. The maximum atomic E-state index is 11.5. The number of imidazole rings is 1. The van der Waals surface area contributed by atoms with Crippen molar-refractivity contribution in [1.82, 2.24) is 15.3 Å². The number of anilines is 1. The lowest BCUT2D eigenvalue weighted by atomic mass is 10.2. The zero-order valence-electron chi connectivity index (χ0n) is 13.4. The fourth-order valence-electron chi connectivity index (χ4n) is 2.01. The Labute approximate surface area is 142 Å². The number of alkyl carbamates (subject to hydrolysis) is 1. The predicted molar refractivity (Wildman–Crippen MR) is 94.0 cm³/mol. The average Bonchev–Trinajstić information content (AvgIpc) is 2.75. The van der Waals surface area contributed by atoms with E-state index in [1.807, 2.05) is 32.9 Å². The lowest BCUT2D eigenvalue weighted by Crippen LogP contribution is -2.33. The fraction of sp³-hybridized carbons (Fsp3) is 0.467. The van der Waals surface area contributed by atoms with Gasteiger partial charge in [-0.15, -0.1) is 0 Å². The zero-order valence-corrected chi connectivity index (χ0v) is 15.0. The van der Waals surface area contributed by atoms with Crippen LogP contribution in [0.1, 0.15) is 27.2 Å². The standard InChI is InChI=1S/C15H21BrN4O3/c1-15(2,3)23-14(22)18-6-4-5-17-10-8-12-11(7-9(10)16)19-13(21)20-12/h7-8,17H,4-6H2,1-3H3,(H,18,22)(H2,19,20,21). The van der Waals surface area contributed by atoms with E-state index in [1.165, 1.54) is 0 Å². The molecule has 4 N–H and O–H groups in total. The van der Waals surface area contributed by atoms with Gasteiger partial charge in [-0.25, -0.2) is 9.59 Å². The molecule has 0 atom stereocenters. The predicted octanol–water partition coefficient (Wildman–Crippen LogP) is 2.95. The SMILES string of the molecule is CC(C)(C)OC(=O)NCCCNc1cc2[nH]c(=O)[nH]c2cc1Br. The molecule has 0 aliphatic heterocycles. The van der Waals surface area contributed by atoms with Crippen LogP contribution in [0, 0.1) is 0 Å². The Balaban J connectivity index is 1.79. The maximum absolute atomic E-state index is 11.5. The van der Waals surface area contributed by atoms with E-state index in [4.69, 9.17) is 4.74 Å². The Morgan fingerprint density at radius 3 is 2.52 bits per heavy atom.